The predicted octanol–water partition coefficient (Wildman–Crippen LogP) is 2.34. The molecule has 1 N–H and O–H groups in total. The van der Waals surface area contributed by atoms with E-state index < -0.39 is 5.97 Å². The van der Waals surface area contributed by atoms with Crippen molar-refractivity contribution in [3.05, 3.63) is 41.7 Å². The van der Waals surface area contributed by atoms with Gasteiger partial charge in [-0.2, -0.15) is 0 Å². The number of carboxylic acids is 1. The molecular weight excluding hydrogens is 208 g/mol. The molecule has 0 spiro atoms. The molecular formula is C12H8O4. The number of hydrogen-bond acceptors (Lipinski definition) is 3. The summed E-state index contributed by atoms with van der Waals surface area (Å²) in [5.41, 5.74) is 1.33. The zero-order chi connectivity index (χ0) is 11.5. The zero-order valence-electron chi connectivity index (χ0n) is 8.21. The molecule has 16 heavy (non-hydrogen) atoms. The lowest BCUT2D eigenvalue weighted by atomic mass is 10.1. The zero-order valence-corrected chi connectivity index (χ0v) is 8.21. The summed E-state index contributed by atoms with van der Waals surface area (Å²) in [6.45, 7) is 0. The highest BCUT2D eigenvalue weighted by Crippen LogP contribution is 2.21. The first-order chi connectivity index (χ1) is 7.70. The van der Waals surface area contributed by atoms with E-state index in [1.165, 1.54) is 12.1 Å². The number of rotatable bonds is 3. The van der Waals surface area contributed by atoms with Gasteiger partial charge in [0.15, 0.2) is 0 Å². The Morgan fingerprint density at radius 1 is 1.31 bits per heavy atom. The maximum atomic E-state index is 10.7. The van der Waals surface area contributed by atoms with E-state index in [0.717, 1.165) is 5.56 Å². The fourth-order valence-electron chi connectivity index (χ4n) is 1.42. The van der Waals surface area contributed by atoms with Crippen molar-refractivity contribution in [1.29, 1.82) is 0 Å². The Morgan fingerprint density at radius 2 is 2.12 bits per heavy atom. The van der Waals surface area contributed by atoms with Gasteiger partial charge in [-0.15, -0.1) is 0 Å². The maximum absolute atomic E-state index is 10.7. The van der Waals surface area contributed by atoms with Crippen molar-refractivity contribution in [2.24, 2.45) is 0 Å². The van der Waals surface area contributed by atoms with Gasteiger partial charge in [0.25, 0.3) is 0 Å². The van der Waals surface area contributed by atoms with Crippen LogP contribution < -0.4 is 0 Å². The molecule has 0 saturated carbocycles. The summed E-state index contributed by atoms with van der Waals surface area (Å²) in [6.07, 6.45) is 3.70. The van der Waals surface area contributed by atoms with Crippen LogP contribution in [0.25, 0.3) is 17.0 Å². The van der Waals surface area contributed by atoms with E-state index in [4.69, 9.17) is 9.52 Å². The summed E-state index contributed by atoms with van der Waals surface area (Å²) in [7, 11) is 0. The Hall–Kier alpha value is -2.36. The van der Waals surface area contributed by atoms with E-state index in [9.17, 15) is 9.59 Å². The van der Waals surface area contributed by atoms with E-state index in [1.54, 1.807) is 24.3 Å². The first kappa shape index (κ1) is 10.2. The van der Waals surface area contributed by atoms with Crippen LogP contribution >= 0.6 is 0 Å². The van der Waals surface area contributed by atoms with Gasteiger partial charge in [-0.25, -0.2) is 4.79 Å². The molecule has 0 amide bonds. The molecule has 0 saturated heterocycles. The summed E-state index contributed by atoms with van der Waals surface area (Å²) >= 11 is 0. The third-order valence-electron chi connectivity index (χ3n) is 2.12. The quantitative estimate of drug-likeness (QED) is 0.631. The predicted molar refractivity (Wildman–Crippen MR) is 58.3 cm³/mol. The molecule has 2 aromatic rings. The highest BCUT2D eigenvalue weighted by molar-refractivity contribution is 5.92. The standard InChI is InChI=1S/C12H8O4/c13-5-1-2-8-3-4-10-9(6-8)7-11(16-10)12(14)15/h1-7H,(H,14,15). The number of allylic oxidation sites excluding steroid dienone is 1. The van der Waals surface area contributed by atoms with Crippen molar-refractivity contribution in [1.82, 2.24) is 0 Å². The number of carbonyl (C=O) groups excluding carboxylic acids is 1. The topological polar surface area (TPSA) is 67.5 Å². The van der Waals surface area contributed by atoms with Crippen molar-refractivity contribution < 1.29 is 19.1 Å². The average Bonchev–Trinajstić information content (AvgIpc) is 2.69. The number of benzene rings is 1. The first-order valence-electron chi connectivity index (χ1n) is 4.59. The number of hydrogen-bond donors (Lipinski definition) is 1. The van der Waals surface area contributed by atoms with Gasteiger partial charge in [0, 0.05) is 5.39 Å². The Labute approximate surface area is 90.8 Å². The molecule has 4 heteroatoms. The molecule has 80 valence electrons. The van der Waals surface area contributed by atoms with Crippen molar-refractivity contribution in [2.45, 2.75) is 0 Å². The molecule has 0 aliphatic rings. The number of fused-ring (bicyclic) bond motifs is 1. The molecule has 4 nitrogen and oxygen atoms in total. The van der Waals surface area contributed by atoms with Gasteiger partial charge < -0.3 is 9.52 Å². The van der Waals surface area contributed by atoms with Crippen molar-refractivity contribution in [2.75, 3.05) is 0 Å². The molecule has 1 aromatic heterocycles. The van der Waals surface area contributed by atoms with E-state index in [1.807, 2.05) is 0 Å². The summed E-state index contributed by atoms with van der Waals surface area (Å²) < 4.78 is 5.10. The van der Waals surface area contributed by atoms with Crippen LogP contribution in [0.5, 0.6) is 0 Å². The van der Waals surface area contributed by atoms with Crippen LogP contribution in [0.2, 0.25) is 0 Å². The van der Waals surface area contributed by atoms with Crippen molar-refractivity contribution in [3.63, 3.8) is 0 Å². The summed E-state index contributed by atoms with van der Waals surface area (Å²) in [5, 5.41) is 9.44. The minimum atomic E-state index is -1.10. The molecule has 0 aliphatic heterocycles. The molecule has 0 fully saturated rings. The lowest BCUT2D eigenvalue weighted by molar-refractivity contribution is -0.104. The van der Waals surface area contributed by atoms with Crippen LogP contribution in [0.4, 0.5) is 0 Å². The van der Waals surface area contributed by atoms with Gasteiger partial charge in [-0.3, -0.25) is 4.79 Å². The number of aldehydes is 1. The van der Waals surface area contributed by atoms with Gasteiger partial charge >= 0.3 is 5.97 Å². The summed E-state index contributed by atoms with van der Waals surface area (Å²) in [6, 6.07) is 6.63. The smallest absolute Gasteiger partial charge is 0.371 e. The maximum Gasteiger partial charge on any atom is 0.371 e. The summed E-state index contributed by atoms with van der Waals surface area (Å²) in [4.78, 5) is 20.8. The van der Waals surface area contributed by atoms with E-state index in [0.29, 0.717) is 17.3 Å². The van der Waals surface area contributed by atoms with Crippen LogP contribution in [-0.4, -0.2) is 17.4 Å². The van der Waals surface area contributed by atoms with Gasteiger partial charge in [0.2, 0.25) is 5.76 Å². The number of aromatic carboxylic acids is 1. The fraction of sp³-hybridized carbons (Fsp3) is 0. The third kappa shape index (κ3) is 1.86. The number of carboxylic acid groups (broad SMARTS) is 1. The summed E-state index contributed by atoms with van der Waals surface area (Å²) in [5.74, 6) is -1.19. The molecule has 1 aromatic carbocycles. The van der Waals surface area contributed by atoms with Gasteiger partial charge in [0.05, 0.1) is 0 Å². The molecule has 0 atom stereocenters. The second kappa shape index (κ2) is 4.02. The Kier molecular flexibility index (Phi) is 2.55. The fourth-order valence-corrected chi connectivity index (χ4v) is 1.42. The first-order valence-corrected chi connectivity index (χ1v) is 4.59. The second-order valence-electron chi connectivity index (χ2n) is 3.21. The van der Waals surface area contributed by atoms with E-state index in [2.05, 4.69) is 0 Å². The van der Waals surface area contributed by atoms with Crippen molar-refractivity contribution >= 4 is 29.3 Å². The Bertz CT molecular complexity index is 578. The minimum absolute atomic E-state index is 0.0912. The van der Waals surface area contributed by atoms with Gasteiger partial charge in [-0.1, -0.05) is 12.1 Å². The molecule has 0 aliphatic carbocycles. The van der Waals surface area contributed by atoms with E-state index in [-0.39, 0.29) is 5.76 Å². The normalized spacial score (nSPS) is 11.0. The lowest BCUT2D eigenvalue weighted by Gasteiger charge is -1.91. The molecule has 2 rings (SSSR count). The van der Waals surface area contributed by atoms with Crippen LogP contribution in [-0.2, 0) is 4.79 Å². The van der Waals surface area contributed by atoms with Gasteiger partial charge in [0.1, 0.15) is 11.9 Å². The molecule has 0 radical (unpaired) electrons. The minimum Gasteiger partial charge on any atom is -0.475 e. The van der Waals surface area contributed by atoms with Crippen LogP contribution in [0, 0.1) is 0 Å². The van der Waals surface area contributed by atoms with Crippen LogP contribution in [0.15, 0.2) is 34.8 Å². The largest absolute Gasteiger partial charge is 0.475 e. The SMILES string of the molecule is O=CC=Cc1ccc2oc(C(=O)O)cc2c1. The lowest BCUT2D eigenvalue weighted by Crippen LogP contribution is -1.91. The Balaban J connectivity index is 2.49. The van der Waals surface area contributed by atoms with Crippen LogP contribution in [0.1, 0.15) is 16.1 Å². The number of furan rings is 1. The van der Waals surface area contributed by atoms with Crippen LogP contribution in [0.3, 0.4) is 0 Å². The highest BCUT2D eigenvalue weighted by Gasteiger charge is 2.09. The van der Waals surface area contributed by atoms with E-state index >= 15 is 0 Å². The molecule has 0 bridgehead atoms. The van der Waals surface area contributed by atoms with Crippen molar-refractivity contribution in [3.8, 4) is 0 Å². The molecule has 1 heterocycles. The van der Waals surface area contributed by atoms with Gasteiger partial charge in [-0.05, 0) is 29.8 Å². The Morgan fingerprint density at radius 3 is 2.81 bits per heavy atom. The third-order valence-corrected chi connectivity index (χ3v) is 2.12. The second-order valence-corrected chi connectivity index (χ2v) is 3.21. The highest BCUT2D eigenvalue weighted by atomic mass is 16.4. The monoisotopic (exact) mass is 216 g/mol. The number of carbonyl (C=O) groups is 2. The molecule has 0 unspecified atom stereocenters. The average molecular weight is 216 g/mol.